The van der Waals surface area contributed by atoms with Crippen molar-refractivity contribution in [1.29, 1.82) is 0 Å². The van der Waals surface area contributed by atoms with E-state index in [0.717, 1.165) is 5.76 Å². The van der Waals surface area contributed by atoms with E-state index in [1.54, 1.807) is 6.26 Å². The molecule has 0 aliphatic heterocycles. The number of aromatic nitrogens is 1. The van der Waals surface area contributed by atoms with Crippen molar-refractivity contribution in [2.45, 2.75) is 46.3 Å². The predicted molar refractivity (Wildman–Crippen MR) is 82.6 cm³/mol. The smallest absolute Gasteiger partial charge is 0.225 e. The van der Waals surface area contributed by atoms with Crippen molar-refractivity contribution < 1.29 is 9.21 Å². The Hall–Kier alpha value is -1.97. The Balaban J connectivity index is 2.01. The average Bonchev–Trinajstić information content (AvgIpc) is 3.14. The number of hydrogen-bond acceptors (Lipinski definition) is 2. The summed E-state index contributed by atoms with van der Waals surface area (Å²) in [4.78, 5) is 14.5. The van der Waals surface area contributed by atoms with Crippen LogP contribution in [0.25, 0.3) is 0 Å². The third-order valence-corrected chi connectivity index (χ3v) is 3.93. The lowest BCUT2D eigenvalue weighted by Crippen LogP contribution is -2.41. The van der Waals surface area contributed by atoms with Gasteiger partial charge in [0.25, 0.3) is 0 Å². The molecule has 0 radical (unpaired) electrons. The second-order valence-corrected chi connectivity index (χ2v) is 5.76. The van der Waals surface area contributed by atoms with E-state index >= 15 is 0 Å². The molecule has 0 fully saturated rings. The number of carbonyl (C=O) groups excluding carboxylic acids is 1. The molecule has 0 aliphatic carbocycles. The van der Waals surface area contributed by atoms with Crippen molar-refractivity contribution in [1.82, 2.24) is 9.47 Å². The number of aryl methyl sites for hydroxylation is 1. The van der Waals surface area contributed by atoms with Crippen molar-refractivity contribution in [3.63, 3.8) is 0 Å². The molecule has 1 atom stereocenters. The zero-order chi connectivity index (χ0) is 15.2. The van der Waals surface area contributed by atoms with E-state index in [-0.39, 0.29) is 11.9 Å². The Morgan fingerprint density at radius 3 is 2.52 bits per heavy atom. The van der Waals surface area contributed by atoms with Crippen LogP contribution in [0.3, 0.4) is 0 Å². The van der Waals surface area contributed by atoms with Gasteiger partial charge in [-0.1, -0.05) is 13.8 Å². The molecule has 1 amide bonds. The Morgan fingerprint density at radius 2 is 1.95 bits per heavy atom. The van der Waals surface area contributed by atoms with E-state index in [9.17, 15) is 4.79 Å². The minimum atomic E-state index is 0.168. The molecule has 0 aliphatic rings. The normalized spacial score (nSPS) is 12.6. The topological polar surface area (TPSA) is 38.4 Å². The first-order valence-electron chi connectivity index (χ1n) is 7.50. The summed E-state index contributed by atoms with van der Waals surface area (Å²) in [5.74, 6) is 1.41. The highest BCUT2D eigenvalue weighted by atomic mass is 16.3. The molecule has 21 heavy (non-hydrogen) atoms. The summed E-state index contributed by atoms with van der Waals surface area (Å²) in [7, 11) is 0. The highest BCUT2D eigenvalue weighted by molar-refractivity contribution is 5.76. The van der Waals surface area contributed by atoms with Gasteiger partial charge in [0.15, 0.2) is 0 Å². The zero-order valence-electron chi connectivity index (χ0n) is 13.0. The molecule has 4 heteroatoms. The highest BCUT2D eigenvalue weighted by Crippen LogP contribution is 2.16. The molecule has 2 heterocycles. The summed E-state index contributed by atoms with van der Waals surface area (Å²) in [5, 5.41) is 0. The summed E-state index contributed by atoms with van der Waals surface area (Å²) in [6.07, 6.45) is 6.12. The molecule has 0 saturated carbocycles. The Labute approximate surface area is 126 Å². The number of furan rings is 1. The summed E-state index contributed by atoms with van der Waals surface area (Å²) in [6, 6.07) is 7.91. The molecule has 0 aromatic carbocycles. The maximum atomic E-state index is 12.6. The van der Waals surface area contributed by atoms with E-state index < -0.39 is 0 Å². The second kappa shape index (κ2) is 7.16. The van der Waals surface area contributed by atoms with Gasteiger partial charge in [0, 0.05) is 31.4 Å². The fourth-order valence-electron chi connectivity index (χ4n) is 2.28. The molecule has 114 valence electrons. The van der Waals surface area contributed by atoms with Gasteiger partial charge < -0.3 is 13.9 Å². The van der Waals surface area contributed by atoms with Crippen LogP contribution in [0.2, 0.25) is 0 Å². The van der Waals surface area contributed by atoms with Crippen LogP contribution >= 0.6 is 0 Å². The lowest BCUT2D eigenvalue weighted by molar-refractivity contribution is -0.135. The maximum absolute atomic E-state index is 12.6. The fourth-order valence-corrected chi connectivity index (χ4v) is 2.28. The molecule has 0 unspecified atom stereocenters. The monoisotopic (exact) mass is 288 g/mol. The predicted octanol–water partition coefficient (Wildman–Crippen LogP) is 3.54. The van der Waals surface area contributed by atoms with Crippen LogP contribution in [0.5, 0.6) is 0 Å². The standard InChI is InChI=1S/C17H24N2O2/c1-14(2)15(3)19(13-16-7-6-12-21-16)17(20)8-11-18-9-4-5-10-18/h4-7,9-10,12,14-15H,8,11,13H2,1-3H3/t15-/m1/s1. The van der Waals surface area contributed by atoms with Crippen LogP contribution in [0, 0.1) is 5.92 Å². The average molecular weight is 288 g/mol. The fraction of sp³-hybridized carbons (Fsp3) is 0.471. The van der Waals surface area contributed by atoms with Crippen molar-refractivity contribution >= 4 is 5.91 Å². The lowest BCUT2D eigenvalue weighted by Gasteiger charge is -2.31. The minimum Gasteiger partial charge on any atom is -0.467 e. The third-order valence-electron chi connectivity index (χ3n) is 3.93. The van der Waals surface area contributed by atoms with E-state index in [4.69, 9.17) is 4.42 Å². The van der Waals surface area contributed by atoms with Gasteiger partial charge in [0.2, 0.25) is 5.91 Å². The molecule has 2 rings (SSSR count). The maximum Gasteiger partial charge on any atom is 0.225 e. The third kappa shape index (κ3) is 4.25. The van der Waals surface area contributed by atoms with Gasteiger partial charge in [0.05, 0.1) is 12.8 Å². The van der Waals surface area contributed by atoms with Crippen LogP contribution < -0.4 is 0 Å². The van der Waals surface area contributed by atoms with Gasteiger partial charge in [-0.05, 0) is 37.1 Å². The van der Waals surface area contributed by atoms with Gasteiger partial charge in [-0.15, -0.1) is 0 Å². The van der Waals surface area contributed by atoms with Crippen molar-refractivity contribution in [3.05, 3.63) is 48.7 Å². The van der Waals surface area contributed by atoms with Crippen molar-refractivity contribution in [3.8, 4) is 0 Å². The van der Waals surface area contributed by atoms with Crippen molar-refractivity contribution in [2.24, 2.45) is 5.92 Å². The van der Waals surface area contributed by atoms with Crippen LogP contribution in [0.1, 0.15) is 33.0 Å². The van der Waals surface area contributed by atoms with Gasteiger partial charge >= 0.3 is 0 Å². The molecular formula is C17H24N2O2. The van der Waals surface area contributed by atoms with E-state index in [0.29, 0.717) is 25.4 Å². The molecule has 0 N–H and O–H groups in total. The molecule has 0 saturated heterocycles. The number of hydrogen-bond donors (Lipinski definition) is 0. The summed E-state index contributed by atoms with van der Waals surface area (Å²) in [5.41, 5.74) is 0. The first kappa shape index (κ1) is 15.4. The first-order chi connectivity index (χ1) is 10.1. The second-order valence-electron chi connectivity index (χ2n) is 5.76. The Kier molecular flexibility index (Phi) is 5.26. The van der Waals surface area contributed by atoms with E-state index in [2.05, 4.69) is 20.8 Å². The molecule has 2 aromatic rings. The van der Waals surface area contributed by atoms with Gasteiger partial charge in [-0.3, -0.25) is 4.79 Å². The Morgan fingerprint density at radius 1 is 1.24 bits per heavy atom. The van der Waals surface area contributed by atoms with E-state index in [1.807, 2.05) is 46.1 Å². The number of amides is 1. The SMILES string of the molecule is CC(C)[C@@H](C)N(Cc1ccco1)C(=O)CCn1cccc1. The molecule has 4 nitrogen and oxygen atoms in total. The molecular weight excluding hydrogens is 264 g/mol. The van der Waals surface area contributed by atoms with Crippen LogP contribution in [-0.2, 0) is 17.9 Å². The van der Waals surface area contributed by atoms with Crippen molar-refractivity contribution in [2.75, 3.05) is 0 Å². The summed E-state index contributed by atoms with van der Waals surface area (Å²) < 4.78 is 7.43. The minimum absolute atomic E-state index is 0.168. The number of nitrogens with zero attached hydrogens (tertiary/aromatic N) is 2. The lowest BCUT2D eigenvalue weighted by atomic mass is 10.0. The first-order valence-corrected chi connectivity index (χ1v) is 7.50. The van der Waals surface area contributed by atoms with E-state index in [1.165, 1.54) is 0 Å². The largest absolute Gasteiger partial charge is 0.467 e. The molecule has 0 bridgehead atoms. The highest BCUT2D eigenvalue weighted by Gasteiger charge is 2.23. The van der Waals surface area contributed by atoms with Gasteiger partial charge in [-0.25, -0.2) is 0 Å². The summed E-state index contributed by atoms with van der Waals surface area (Å²) in [6.45, 7) is 7.63. The van der Waals surface area contributed by atoms with Crippen LogP contribution in [-0.4, -0.2) is 21.4 Å². The summed E-state index contributed by atoms with van der Waals surface area (Å²) >= 11 is 0. The van der Waals surface area contributed by atoms with Crippen LogP contribution in [0.4, 0.5) is 0 Å². The number of rotatable bonds is 7. The van der Waals surface area contributed by atoms with Crippen LogP contribution in [0.15, 0.2) is 47.3 Å². The van der Waals surface area contributed by atoms with Gasteiger partial charge in [0.1, 0.15) is 5.76 Å². The Bertz CT molecular complexity index is 529. The molecule has 2 aromatic heterocycles. The quantitative estimate of drug-likeness (QED) is 0.781. The molecule has 0 spiro atoms. The number of carbonyl (C=O) groups is 1. The zero-order valence-corrected chi connectivity index (χ0v) is 13.0. The van der Waals surface area contributed by atoms with Gasteiger partial charge in [-0.2, -0.15) is 0 Å².